The van der Waals surface area contributed by atoms with E-state index in [1.54, 1.807) is 0 Å². The number of likely N-dealkylation sites (tertiary alicyclic amines) is 1. The van der Waals surface area contributed by atoms with Crippen LogP contribution < -0.4 is 5.32 Å². The first kappa shape index (κ1) is 17.9. The minimum atomic E-state index is -0.121. The van der Waals surface area contributed by atoms with E-state index < -0.39 is 0 Å². The Morgan fingerprint density at radius 3 is 2.25 bits per heavy atom. The van der Waals surface area contributed by atoms with Crippen molar-refractivity contribution < 1.29 is 5.11 Å². The average Bonchev–Trinajstić information content (AvgIpc) is 2.38. The highest BCUT2D eigenvalue weighted by atomic mass is 16.3. The summed E-state index contributed by atoms with van der Waals surface area (Å²) in [5, 5.41) is 13.1. The third-order valence-corrected chi connectivity index (χ3v) is 4.76. The second kappa shape index (κ2) is 8.35. The van der Waals surface area contributed by atoms with E-state index in [1.807, 2.05) is 0 Å². The molecule has 1 heterocycles. The molecule has 1 rings (SSSR count). The van der Waals surface area contributed by atoms with Crippen LogP contribution in [0.2, 0.25) is 0 Å². The summed E-state index contributed by atoms with van der Waals surface area (Å²) in [6.45, 7) is 15.1. The van der Waals surface area contributed by atoms with E-state index >= 15 is 0 Å². The second-order valence-electron chi connectivity index (χ2n) is 7.54. The highest BCUT2D eigenvalue weighted by Gasteiger charge is 2.25. The summed E-state index contributed by atoms with van der Waals surface area (Å²) in [7, 11) is 0. The Balaban J connectivity index is 2.24. The summed E-state index contributed by atoms with van der Waals surface area (Å²) in [4.78, 5) is 2.60. The number of rotatable bonds is 8. The molecule has 0 aromatic rings. The predicted octanol–water partition coefficient (Wildman–Crippen LogP) is 2.88. The Bertz CT molecular complexity index is 260. The van der Waals surface area contributed by atoms with E-state index in [9.17, 15) is 5.11 Å². The SMILES string of the molecule is CC(C)NC(C)(CO)CCCN1CCC(C(C)C)CC1. The fraction of sp³-hybridized carbons (Fsp3) is 1.00. The normalized spacial score (nSPS) is 21.6. The highest BCUT2D eigenvalue weighted by Crippen LogP contribution is 2.24. The topological polar surface area (TPSA) is 35.5 Å². The summed E-state index contributed by atoms with van der Waals surface area (Å²) in [6.07, 6.45) is 4.94. The fourth-order valence-electron chi connectivity index (χ4n) is 3.43. The molecule has 1 saturated heterocycles. The van der Waals surface area contributed by atoms with E-state index in [0.29, 0.717) is 6.04 Å². The lowest BCUT2D eigenvalue weighted by atomic mass is 9.86. The quantitative estimate of drug-likeness (QED) is 0.719. The highest BCUT2D eigenvalue weighted by molar-refractivity contribution is 4.84. The molecule has 3 nitrogen and oxygen atoms in total. The van der Waals surface area contributed by atoms with Crippen LogP contribution in [-0.4, -0.2) is 47.8 Å². The van der Waals surface area contributed by atoms with Crippen LogP contribution in [0, 0.1) is 11.8 Å². The molecule has 1 aliphatic rings. The second-order valence-corrected chi connectivity index (χ2v) is 7.54. The van der Waals surface area contributed by atoms with Crippen molar-refractivity contribution in [3.05, 3.63) is 0 Å². The average molecular weight is 284 g/mol. The standard InChI is InChI=1S/C17H36N2O/c1-14(2)16-7-11-19(12-8-16)10-6-9-17(5,13-20)18-15(3)4/h14-16,18,20H,6-13H2,1-5H3. The van der Waals surface area contributed by atoms with Gasteiger partial charge in [-0.2, -0.15) is 0 Å². The van der Waals surface area contributed by atoms with Crippen molar-refractivity contribution >= 4 is 0 Å². The first-order valence-corrected chi connectivity index (χ1v) is 8.47. The van der Waals surface area contributed by atoms with Gasteiger partial charge in [0.2, 0.25) is 0 Å². The number of piperidine rings is 1. The van der Waals surface area contributed by atoms with Crippen LogP contribution in [0.1, 0.15) is 60.3 Å². The minimum absolute atomic E-state index is 0.121. The Labute approximate surface area is 126 Å². The number of hydrogen-bond acceptors (Lipinski definition) is 3. The van der Waals surface area contributed by atoms with Gasteiger partial charge in [0.05, 0.1) is 6.61 Å². The molecule has 1 unspecified atom stereocenters. The van der Waals surface area contributed by atoms with Gasteiger partial charge in [-0.15, -0.1) is 0 Å². The number of aliphatic hydroxyl groups is 1. The summed E-state index contributed by atoms with van der Waals surface area (Å²) >= 11 is 0. The summed E-state index contributed by atoms with van der Waals surface area (Å²) in [5.74, 6) is 1.77. The molecule has 3 heteroatoms. The van der Waals surface area contributed by atoms with Crippen LogP contribution in [0.5, 0.6) is 0 Å². The van der Waals surface area contributed by atoms with Crippen molar-refractivity contribution in [2.24, 2.45) is 11.8 Å². The molecule has 1 atom stereocenters. The van der Waals surface area contributed by atoms with Gasteiger partial charge >= 0.3 is 0 Å². The van der Waals surface area contributed by atoms with Crippen molar-refractivity contribution in [2.75, 3.05) is 26.2 Å². The molecular weight excluding hydrogens is 248 g/mol. The lowest BCUT2D eigenvalue weighted by Gasteiger charge is -2.35. The Kier molecular flexibility index (Phi) is 7.49. The van der Waals surface area contributed by atoms with E-state index in [1.165, 1.54) is 38.9 Å². The van der Waals surface area contributed by atoms with Gasteiger partial charge in [0.25, 0.3) is 0 Å². The van der Waals surface area contributed by atoms with Crippen molar-refractivity contribution in [1.29, 1.82) is 0 Å². The monoisotopic (exact) mass is 284 g/mol. The summed E-state index contributed by atoms with van der Waals surface area (Å²) in [5.41, 5.74) is -0.121. The van der Waals surface area contributed by atoms with E-state index in [0.717, 1.165) is 18.3 Å². The molecule has 0 bridgehead atoms. The molecule has 0 saturated carbocycles. The Morgan fingerprint density at radius 1 is 1.20 bits per heavy atom. The molecule has 0 spiro atoms. The van der Waals surface area contributed by atoms with Crippen LogP contribution >= 0.6 is 0 Å². The molecule has 1 aliphatic heterocycles. The molecule has 120 valence electrons. The zero-order valence-electron chi connectivity index (χ0n) is 14.3. The molecule has 0 aromatic carbocycles. The molecule has 2 N–H and O–H groups in total. The van der Waals surface area contributed by atoms with Crippen molar-refractivity contribution in [2.45, 2.75) is 71.9 Å². The lowest BCUT2D eigenvalue weighted by molar-refractivity contribution is 0.131. The Hall–Kier alpha value is -0.120. The molecule has 0 aliphatic carbocycles. The third-order valence-electron chi connectivity index (χ3n) is 4.76. The van der Waals surface area contributed by atoms with Crippen LogP contribution in [0.25, 0.3) is 0 Å². The van der Waals surface area contributed by atoms with Crippen molar-refractivity contribution in [3.8, 4) is 0 Å². The number of hydrogen-bond donors (Lipinski definition) is 2. The van der Waals surface area contributed by atoms with Crippen LogP contribution in [0.4, 0.5) is 0 Å². The number of nitrogens with zero attached hydrogens (tertiary/aromatic N) is 1. The summed E-state index contributed by atoms with van der Waals surface area (Å²) < 4.78 is 0. The first-order valence-electron chi connectivity index (χ1n) is 8.47. The predicted molar refractivity (Wildman–Crippen MR) is 87.0 cm³/mol. The van der Waals surface area contributed by atoms with Gasteiger partial charge < -0.3 is 15.3 Å². The molecule has 20 heavy (non-hydrogen) atoms. The van der Waals surface area contributed by atoms with Crippen LogP contribution in [-0.2, 0) is 0 Å². The minimum Gasteiger partial charge on any atom is -0.394 e. The molecule has 0 aromatic heterocycles. The van der Waals surface area contributed by atoms with Gasteiger partial charge in [-0.1, -0.05) is 27.7 Å². The van der Waals surface area contributed by atoms with Gasteiger partial charge in [0.1, 0.15) is 0 Å². The van der Waals surface area contributed by atoms with Crippen molar-refractivity contribution in [1.82, 2.24) is 10.2 Å². The summed E-state index contributed by atoms with van der Waals surface area (Å²) in [6, 6.07) is 0.425. The van der Waals surface area contributed by atoms with E-state index in [2.05, 4.69) is 44.8 Å². The number of aliphatic hydroxyl groups excluding tert-OH is 1. The van der Waals surface area contributed by atoms with Gasteiger partial charge in [-0.25, -0.2) is 0 Å². The molecule has 0 amide bonds. The maximum absolute atomic E-state index is 9.59. The van der Waals surface area contributed by atoms with Gasteiger partial charge in [0.15, 0.2) is 0 Å². The van der Waals surface area contributed by atoms with E-state index in [4.69, 9.17) is 0 Å². The molecule has 0 radical (unpaired) electrons. The zero-order chi connectivity index (χ0) is 15.2. The third kappa shape index (κ3) is 6.11. The maximum Gasteiger partial charge on any atom is 0.0610 e. The fourth-order valence-corrected chi connectivity index (χ4v) is 3.43. The van der Waals surface area contributed by atoms with Crippen molar-refractivity contribution in [3.63, 3.8) is 0 Å². The number of nitrogens with one attached hydrogen (secondary N) is 1. The van der Waals surface area contributed by atoms with Gasteiger partial charge in [0, 0.05) is 11.6 Å². The molecule has 1 fully saturated rings. The van der Waals surface area contributed by atoms with E-state index in [-0.39, 0.29) is 12.1 Å². The van der Waals surface area contributed by atoms with Gasteiger partial charge in [-0.3, -0.25) is 0 Å². The first-order chi connectivity index (χ1) is 9.36. The molecular formula is C17H36N2O. The van der Waals surface area contributed by atoms with Crippen LogP contribution in [0.15, 0.2) is 0 Å². The smallest absolute Gasteiger partial charge is 0.0610 e. The Morgan fingerprint density at radius 2 is 1.80 bits per heavy atom. The van der Waals surface area contributed by atoms with Crippen LogP contribution in [0.3, 0.4) is 0 Å². The largest absolute Gasteiger partial charge is 0.394 e. The zero-order valence-corrected chi connectivity index (χ0v) is 14.3. The lowest BCUT2D eigenvalue weighted by Crippen LogP contribution is -2.49. The maximum atomic E-state index is 9.59. The van der Waals surface area contributed by atoms with Gasteiger partial charge in [-0.05, 0) is 64.1 Å².